The number of pyridine rings is 1. The highest BCUT2D eigenvalue weighted by Crippen LogP contribution is 2.24. The lowest BCUT2D eigenvalue weighted by Gasteiger charge is -2.15. The van der Waals surface area contributed by atoms with Gasteiger partial charge in [0.25, 0.3) is 0 Å². The first kappa shape index (κ1) is 19.4. The molecule has 2 heterocycles. The maximum Gasteiger partial charge on any atom is 0.243 e. The van der Waals surface area contributed by atoms with Gasteiger partial charge in [0, 0.05) is 24.0 Å². The minimum absolute atomic E-state index is 0.132. The van der Waals surface area contributed by atoms with Gasteiger partial charge in [0.1, 0.15) is 28.3 Å². The zero-order valence-electron chi connectivity index (χ0n) is 15.5. The number of benzene rings is 2. The summed E-state index contributed by atoms with van der Waals surface area (Å²) in [5.74, 6) is 0.700. The Balaban J connectivity index is 1.45. The van der Waals surface area contributed by atoms with Crippen LogP contribution in [0.3, 0.4) is 0 Å². The fourth-order valence-corrected chi connectivity index (χ4v) is 4.86. The number of sulfonamides is 1. The van der Waals surface area contributed by atoms with Gasteiger partial charge in [-0.15, -0.1) is 0 Å². The van der Waals surface area contributed by atoms with Crippen LogP contribution in [0.15, 0.2) is 71.9 Å². The van der Waals surface area contributed by atoms with Crippen molar-refractivity contribution in [3.8, 4) is 5.75 Å². The van der Waals surface area contributed by atoms with E-state index in [1.165, 1.54) is 6.07 Å². The third-order valence-electron chi connectivity index (χ3n) is 4.38. The van der Waals surface area contributed by atoms with Crippen molar-refractivity contribution in [2.24, 2.45) is 0 Å². The molecule has 1 N–H and O–H groups in total. The minimum atomic E-state index is -3.74. The summed E-state index contributed by atoms with van der Waals surface area (Å²) < 4.78 is 42.4. The zero-order chi connectivity index (χ0) is 20.3. The van der Waals surface area contributed by atoms with E-state index in [2.05, 4.69) is 18.5 Å². The van der Waals surface area contributed by atoms with Crippen LogP contribution in [0.1, 0.15) is 24.1 Å². The molecule has 1 atom stereocenters. The number of nitrogens with one attached hydrogen (secondary N) is 1. The number of aromatic nitrogens is 3. The highest BCUT2D eigenvalue weighted by atomic mass is 32.2. The van der Waals surface area contributed by atoms with Gasteiger partial charge in [-0.2, -0.15) is 8.75 Å². The Bertz CT molecular complexity index is 1210. The monoisotopic (exact) mass is 426 g/mol. The second kappa shape index (κ2) is 8.24. The lowest BCUT2D eigenvalue weighted by molar-refractivity contribution is 0.305. The van der Waals surface area contributed by atoms with E-state index in [9.17, 15) is 8.42 Å². The maximum absolute atomic E-state index is 12.8. The molecule has 0 bridgehead atoms. The summed E-state index contributed by atoms with van der Waals surface area (Å²) in [4.78, 5) is 4.19. The number of ether oxygens (including phenoxy) is 1. The Morgan fingerprint density at radius 3 is 2.66 bits per heavy atom. The van der Waals surface area contributed by atoms with Gasteiger partial charge < -0.3 is 4.74 Å². The van der Waals surface area contributed by atoms with Gasteiger partial charge in [0.15, 0.2) is 0 Å². The van der Waals surface area contributed by atoms with Crippen LogP contribution in [0.25, 0.3) is 11.0 Å². The average Bonchev–Trinajstić information content (AvgIpc) is 3.22. The van der Waals surface area contributed by atoms with Crippen LogP contribution < -0.4 is 9.46 Å². The highest BCUT2D eigenvalue weighted by molar-refractivity contribution is 7.89. The van der Waals surface area contributed by atoms with Crippen molar-refractivity contribution >= 4 is 32.8 Å². The summed E-state index contributed by atoms with van der Waals surface area (Å²) in [6.07, 6.45) is 3.47. The van der Waals surface area contributed by atoms with Gasteiger partial charge in [0.2, 0.25) is 10.0 Å². The van der Waals surface area contributed by atoms with E-state index in [-0.39, 0.29) is 4.90 Å². The quantitative estimate of drug-likeness (QED) is 0.484. The molecule has 0 aliphatic carbocycles. The predicted octanol–water partition coefficient (Wildman–Crippen LogP) is 3.70. The number of rotatable bonds is 7. The zero-order valence-corrected chi connectivity index (χ0v) is 17.2. The summed E-state index contributed by atoms with van der Waals surface area (Å²) >= 11 is 0.993. The van der Waals surface area contributed by atoms with Crippen molar-refractivity contribution < 1.29 is 13.2 Å². The molecule has 7 nitrogen and oxygen atoms in total. The van der Waals surface area contributed by atoms with Crippen LogP contribution >= 0.6 is 11.7 Å². The van der Waals surface area contributed by atoms with Gasteiger partial charge in [-0.25, -0.2) is 13.1 Å². The van der Waals surface area contributed by atoms with E-state index < -0.39 is 16.1 Å². The van der Waals surface area contributed by atoms with Crippen molar-refractivity contribution in [2.45, 2.75) is 24.5 Å². The van der Waals surface area contributed by atoms with E-state index in [0.717, 1.165) is 22.9 Å². The number of hydrogen-bond acceptors (Lipinski definition) is 7. The molecule has 4 rings (SSSR count). The summed E-state index contributed by atoms with van der Waals surface area (Å²) in [6.45, 7) is 2.21. The summed E-state index contributed by atoms with van der Waals surface area (Å²) in [7, 11) is -3.74. The van der Waals surface area contributed by atoms with Crippen LogP contribution in [0, 0.1) is 0 Å². The molecule has 0 saturated carbocycles. The van der Waals surface area contributed by atoms with Crippen molar-refractivity contribution in [1.82, 2.24) is 18.5 Å². The molecule has 1 unspecified atom stereocenters. The number of hydrogen-bond donors (Lipinski definition) is 1. The smallest absolute Gasteiger partial charge is 0.243 e. The topological polar surface area (TPSA) is 94.1 Å². The molecule has 2 aromatic carbocycles. The third kappa shape index (κ3) is 4.42. The molecule has 0 aliphatic heterocycles. The Kier molecular flexibility index (Phi) is 5.52. The standard InChI is InChI=1S/C20H18N4O3S2/c1-14(24-29(25,26)19-6-2-5-18-20(19)23-28-22-18)16-7-9-17(10-8-16)27-13-15-4-3-11-21-12-15/h2-12,14,24H,13H2,1H3. The third-order valence-corrected chi connectivity index (χ3v) is 6.49. The van der Waals surface area contributed by atoms with Gasteiger partial charge in [-0.3, -0.25) is 4.98 Å². The fourth-order valence-electron chi connectivity index (χ4n) is 2.87. The molecule has 4 aromatic rings. The Morgan fingerprint density at radius 2 is 1.90 bits per heavy atom. The van der Waals surface area contributed by atoms with Crippen LogP contribution in [-0.4, -0.2) is 22.1 Å². The Hall–Kier alpha value is -2.88. The molecule has 0 fully saturated rings. The van der Waals surface area contributed by atoms with Gasteiger partial charge in [-0.1, -0.05) is 24.3 Å². The molecular weight excluding hydrogens is 408 g/mol. The first-order valence-corrected chi connectivity index (χ1v) is 11.1. The van der Waals surface area contributed by atoms with E-state index in [0.29, 0.717) is 23.4 Å². The molecule has 29 heavy (non-hydrogen) atoms. The van der Waals surface area contributed by atoms with Gasteiger partial charge in [0.05, 0.1) is 11.7 Å². The first-order valence-electron chi connectivity index (χ1n) is 8.88. The molecule has 148 valence electrons. The van der Waals surface area contributed by atoms with Crippen LogP contribution in [0.5, 0.6) is 5.75 Å². The van der Waals surface area contributed by atoms with Crippen LogP contribution in [0.2, 0.25) is 0 Å². The highest BCUT2D eigenvalue weighted by Gasteiger charge is 2.22. The number of nitrogens with zero attached hydrogens (tertiary/aromatic N) is 3. The van der Waals surface area contributed by atoms with Crippen LogP contribution in [0.4, 0.5) is 0 Å². The Labute approximate surface area is 172 Å². The van der Waals surface area contributed by atoms with Gasteiger partial charge >= 0.3 is 0 Å². The van der Waals surface area contributed by atoms with Crippen molar-refractivity contribution in [1.29, 1.82) is 0 Å². The Morgan fingerprint density at radius 1 is 1.07 bits per heavy atom. The molecule has 0 saturated heterocycles. The molecule has 2 aromatic heterocycles. The van der Waals surface area contributed by atoms with E-state index >= 15 is 0 Å². The molecule has 0 spiro atoms. The minimum Gasteiger partial charge on any atom is -0.489 e. The van der Waals surface area contributed by atoms with E-state index in [1.807, 2.05) is 36.4 Å². The lowest BCUT2D eigenvalue weighted by atomic mass is 10.1. The molecule has 0 aliphatic rings. The summed E-state index contributed by atoms with van der Waals surface area (Å²) in [5.41, 5.74) is 2.76. The molecule has 0 radical (unpaired) electrons. The number of fused-ring (bicyclic) bond motifs is 1. The predicted molar refractivity (Wildman–Crippen MR) is 111 cm³/mol. The molecular formula is C20H18N4O3S2. The normalized spacial score (nSPS) is 12.7. The van der Waals surface area contributed by atoms with Gasteiger partial charge in [-0.05, 0) is 42.8 Å². The second-order valence-electron chi connectivity index (χ2n) is 6.45. The fraction of sp³-hybridized carbons (Fsp3) is 0.150. The summed E-state index contributed by atoms with van der Waals surface area (Å²) in [6, 6.07) is 15.6. The van der Waals surface area contributed by atoms with E-state index in [1.54, 1.807) is 31.5 Å². The largest absolute Gasteiger partial charge is 0.489 e. The van der Waals surface area contributed by atoms with Crippen molar-refractivity contribution in [3.05, 3.63) is 78.1 Å². The van der Waals surface area contributed by atoms with Crippen molar-refractivity contribution in [2.75, 3.05) is 0 Å². The average molecular weight is 427 g/mol. The van der Waals surface area contributed by atoms with Crippen molar-refractivity contribution in [3.63, 3.8) is 0 Å². The maximum atomic E-state index is 12.8. The van der Waals surface area contributed by atoms with E-state index in [4.69, 9.17) is 4.74 Å². The molecule has 9 heteroatoms. The van der Waals surface area contributed by atoms with Crippen LogP contribution in [-0.2, 0) is 16.6 Å². The SMILES string of the molecule is CC(NS(=O)(=O)c1cccc2nsnc12)c1ccc(OCc2cccnc2)cc1. The first-order chi connectivity index (χ1) is 14.0. The second-order valence-corrected chi connectivity index (χ2v) is 8.66. The molecule has 0 amide bonds. The summed E-state index contributed by atoms with van der Waals surface area (Å²) in [5, 5.41) is 0. The lowest BCUT2D eigenvalue weighted by Crippen LogP contribution is -2.27.